The first kappa shape index (κ1) is 9.08. The van der Waals surface area contributed by atoms with Gasteiger partial charge in [-0.15, -0.1) is 0 Å². The number of hydrogen-bond acceptors (Lipinski definition) is 5. The molecule has 0 amide bonds. The SMILES string of the molecule is Cc1nc(-c2cnoc2)c2cc(C)oc2n1. The summed E-state index contributed by atoms with van der Waals surface area (Å²) in [6.45, 7) is 3.71. The summed E-state index contributed by atoms with van der Waals surface area (Å²) in [5, 5.41) is 4.56. The zero-order chi connectivity index (χ0) is 11.1. The fraction of sp³-hybridized carbons (Fsp3) is 0.182. The summed E-state index contributed by atoms with van der Waals surface area (Å²) in [5.41, 5.74) is 2.22. The molecule has 0 aromatic carbocycles. The summed E-state index contributed by atoms with van der Waals surface area (Å²) in [4.78, 5) is 8.62. The second-order valence-electron chi connectivity index (χ2n) is 3.61. The number of fused-ring (bicyclic) bond motifs is 1. The minimum atomic E-state index is 0.598. The summed E-state index contributed by atoms with van der Waals surface area (Å²) in [6.07, 6.45) is 3.19. The maximum Gasteiger partial charge on any atom is 0.230 e. The van der Waals surface area contributed by atoms with E-state index in [1.807, 2.05) is 19.9 Å². The van der Waals surface area contributed by atoms with Gasteiger partial charge in [0.2, 0.25) is 5.71 Å². The second kappa shape index (κ2) is 3.16. The Bertz CT molecular complexity index is 641. The highest BCUT2D eigenvalue weighted by Gasteiger charge is 2.13. The lowest BCUT2D eigenvalue weighted by molar-refractivity contribution is 0.420. The van der Waals surface area contributed by atoms with Gasteiger partial charge in [-0.25, -0.2) is 4.98 Å². The Kier molecular flexibility index (Phi) is 1.80. The lowest BCUT2D eigenvalue weighted by atomic mass is 10.2. The average Bonchev–Trinajstić information content (AvgIpc) is 2.83. The first-order valence-electron chi connectivity index (χ1n) is 4.88. The molecule has 0 N–H and O–H groups in total. The Labute approximate surface area is 91.1 Å². The summed E-state index contributed by atoms with van der Waals surface area (Å²) in [6, 6.07) is 1.91. The molecule has 0 bridgehead atoms. The van der Waals surface area contributed by atoms with Crippen LogP contribution in [0.2, 0.25) is 0 Å². The van der Waals surface area contributed by atoms with E-state index in [0.29, 0.717) is 11.5 Å². The number of aryl methyl sites for hydroxylation is 2. The molecule has 0 atom stereocenters. The van der Waals surface area contributed by atoms with Crippen molar-refractivity contribution in [1.29, 1.82) is 0 Å². The predicted octanol–water partition coefficient (Wildman–Crippen LogP) is 2.49. The third-order valence-corrected chi connectivity index (χ3v) is 2.33. The first-order chi connectivity index (χ1) is 7.74. The van der Waals surface area contributed by atoms with E-state index < -0.39 is 0 Å². The molecule has 0 aliphatic rings. The van der Waals surface area contributed by atoms with Crippen LogP contribution in [0, 0.1) is 13.8 Å². The van der Waals surface area contributed by atoms with Crippen LogP contribution >= 0.6 is 0 Å². The molecule has 0 radical (unpaired) electrons. The Balaban J connectivity index is 2.38. The van der Waals surface area contributed by atoms with Crippen LogP contribution in [0.5, 0.6) is 0 Å². The smallest absolute Gasteiger partial charge is 0.230 e. The van der Waals surface area contributed by atoms with Crippen LogP contribution < -0.4 is 0 Å². The molecule has 5 nitrogen and oxygen atoms in total. The Morgan fingerprint density at radius 3 is 2.81 bits per heavy atom. The monoisotopic (exact) mass is 215 g/mol. The number of rotatable bonds is 1. The van der Waals surface area contributed by atoms with Crippen molar-refractivity contribution in [2.24, 2.45) is 0 Å². The minimum absolute atomic E-state index is 0.598. The molecule has 80 valence electrons. The first-order valence-corrected chi connectivity index (χ1v) is 4.88. The Morgan fingerprint density at radius 1 is 1.19 bits per heavy atom. The van der Waals surface area contributed by atoms with E-state index in [1.165, 1.54) is 0 Å². The standard InChI is InChI=1S/C11H9N3O2/c1-6-3-9-10(8-4-12-15-5-8)13-7(2)14-11(9)16-6/h3-5H,1-2H3. The fourth-order valence-corrected chi connectivity index (χ4v) is 1.69. The second-order valence-corrected chi connectivity index (χ2v) is 3.61. The maximum atomic E-state index is 5.49. The van der Waals surface area contributed by atoms with Crippen molar-refractivity contribution in [3.8, 4) is 11.3 Å². The highest BCUT2D eigenvalue weighted by molar-refractivity contribution is 5.89. The van der Waals surface area contributed by atoms with Crippen molar-refractivity contribution >= 4 is 11.1 Å². The molecule has 0 aliphatic carbocycles. The molecular formula is C11H9N3O2. The van der Waals surface area contributed by atoms with Gasteiger partial charge in [0.1, 0.15) is 17.8 Å². The van der Waals surface area contributed by atoms with E-state index in [9.17, 15) is 0 Å². The summed E-state index contributed by atoms with van der Waals surface area (Å²) < 4.78 is 10.3. The normalized spacial score (nSPS) is 11.1. The molecule has 3 aromatic heterocycles. The van der Waals surface area contributed by atoms with Crippen LogP contribution in [-0.4, -0.2) is 15.1 Å². The molecule has 3 heterocycles. The van der Waals surface area contributed by atoms with Gasteiger partial charge in [0, 0.05) is 0 Å². The number of aromatic nitrogens is 3. The molecule has 0 unspecified atom stereocenters. The summed E-state index contributed by atoms with van der Waals surface area (Å²) >= 11 is 0. The molecule has 3 rings (SSSR count). The van der Waals surface area contributed by atoms with E-state index in [1.54, 1.807) is 12.5 Å². The zero-order valence-electron chi connectivity index (χ0n) is 8.89. The van der Waals surface area contributed by atoms with Gasteiger partial charge in [-0.2, -0.15) is 4.98 Å². The zero-order valence-corrected chi connectivity index (χ0v) is 8.89. The average molecular weight is 215 g/mol. The van der Waals surface area contributed by atoms with Crippen LogP contribution in [0.3, 0.4) is 0 Å². The topological polar surface area (TPSA) is 65.0 Å². The van der Waals surface area contributed by atoms with E-state index in [0.717, 1.165) is 22.4 Å². The lowest BCUT2D eigenvalue weighted by Crippen LogP contribution is -1.90. The van der Waals surface area contributed by atoms with Gasteiger partial charge in [0.05, 0.1) is 22.8 Å². The van der Waals surface area contributed by atoms with Crippen molar-refractivity contribution in [2.45, 2.75) is 13.8 Å². The molecule has 0 fully saturated rings. The Morgan fingerprint density at radius 2 is 2.06 bits per heavy atom. The van der Waals surface area contributed by atoms with Gasteiger partial charge in [-0.05, 0) is 19.9 Å². The molecule has 16 heavy (non-hydrogen) atoms. The molecule has 3 aromatic rings. The summed E-state index contributed by atoms with van der Waals surface area (Å²) in [7, 11) is 0. The van der Waals surface area contributed by atoms with E-state index >= 15 is 0 Å². The quantitative estimate of drug-likeness (QED) is 0.624. The van der Waals surface area contributed by atoms with Crippen LogP contribution in [0.25, 0.3) is 22.4 Å². The van der Waals surface area contributed by atoms with Crippen LogP contribution in [-0.2, 0) is 0 Å². The Hall–Kier alpha value is -2.17. The highest BCUT2D eigenvalue weighted by Crippen LogP contribution is 2.27. The fourth-order valence-electron chi connectivity index (χ4n) is 1.69. The number of hydrogen-bond donors (Lipinski definition) is 0. The third-order valence-electron chi connectivity index (χ3n) is 2.33. The summed E-state index contributed by atoms with van der Waals surface area (Å²) in [5.74, 6) is 1.48. The number of nitrogens with zero attached hydrogens (tertiary/aromatic N) is 3. The van der Waals surface area contributed by atoms with Crippen molar-refractivity contribution in [3.05, 3.63) is 30.1 Å². The molecule has 0 saturated heterocycles. The van der Waals surface area contributed by atoms with Crippen LogP contribution in [0.1, 0.15) is 11.6 Å². The van der Waals surface area contributed by atoms with E-state index in [-0.39, 0.29) is 0 Å². The van der Waals surface area contributed by atoms with Crippen molar-refractivity contribution in [3.63, 3.8) is 0 Å². The van der Waals surface area contributed by atoms with E-state index in [4.69, 9.17) is 8.94 Å². The maximum absolute atomic E-state index is 5.49. The largest absolute Gasteiger partial charge is 0.443 e. The molecule has 0 spiro atoms. The molecule has 0 aliphatic heterocycles. The van der Waals surface area contributed by atoms with Gasteiger partial charge >= 0.3 is 0 Å². The van der Waals surface area contributed by atoms with Gasteiger partial charge in [0.25, 0.3) is 0 Å². The van der Waals surface area contributed by atoms with E-state index in [2.05, 4.69) is 15.1 Å². The van der Waals surface area contributed by atoms with Gasteiger partial charge in [-0.1, -0.05) is 5.16 Å². The van der Waals surface area contributed by atoms with Crippen molar-refractivity contribution in [2.75, 3.05) is 0 Å². The van der Waals surface area contributed by atoms with Crippen molar-refractivity contribution in [1.82, 2.24) is 15.1 Å². The van der Waals surface area contributed by atoms with Crippen molar-refractivity contribution < 1.29 is 8.94 Å². The molecule has 0 saturated carbocycles. The molecular weight excluding hydrogens is 206 g/mol. The van der Waals surface area contributed by atoms with Crippen LogP contribution in [0.4, 0.5) is 0 Å². The highest BCUT2D eigenvalue weighted by atomic mass is 16.5. The van der Waals surface area contributed by atoms with Gasteiger partial charge in [0.15, 0.2) is 0 Å². The molecule has 5 heteroatoms. The third kappa shape index (κ3) is 1.29. The predicted molar refractivity (Wildman–Crippen MR) is 56.8 cm³/mol. The van der Waals surface area contributed by atoms with Gasteiger partial charge < -0.3 is 8.94 Å². The van der Waals surface area contributed by atoms with Gasteiger partial charge in [-0.3, -0.25) is 0 Å². The van der Waals surface area contributed by atoms with Crippen LogP contribution in [0.15, 0.2) is 27.5 Å². The lowest BCUT2D eigenvalue weighted by Gasteiger charge is -1.98. The minimum Gasteiger partial charge on any atom is -0.443 e. The number of furan rings is 1.